The third-order valence-corrected chi connectivity index (χ3v) is 3.24. The van der Waals surface area contributed by atoms with Gasteiger partial charge in [0.1, 0.15) is 0 Å². The number of ether oxygens (including phenoxy) is 1. The van der Waals surface area contributed by atoms with E-state index in [1.807, 2.05) is 13.8 Å². The van der Waals surface area contributed by atoms with Crippen molar-refractivity contribution in [3.63, 3.8) is 0 Å². The number of hydrogen-bond acceptors (Lipinski definition) is 2. The summed E-state index contributed by atoms with van der Waals surface area (Å²) >= 11 is 0. The van der Waals surface area contributed by atoms with Gasteiger partial charge in [0.2, 0.25) is 0 Å². The van der Waals surface area contributed by atoms with Crippen LogP contribution in [-0.2, 0) is 4.74 Å². The molecule has 1 aliphatic heterocycles. The van der Waals surface area contributed by atoms with Crippen molar-refractivity contribution in [2.45, 2.75) is 51.4 Å². The van der Waals surface area contributed by atoms with E-state index in [2.05, 4.69) is 12.8 Å². The van der Waals surface area contributed by atoms with Crippen molar-refractivity contribution in [3.05, 3.63) is 0 Å². The molecule has 0 bridgehead atoms. The monoisotopic (exact) mass is 182 g/mol. The molecule has 0 aromatic heterocycles. The molecule has 0 unspecified atom stereocenters. The van der Waals surface area contributed by atoms with E-state index in [1.54, 1.807) is 0 Å². The Hall–Kier alpha value is -0.520. The molecular weight excluding hydrogens is 164 g/mol. The minimum Gasteiger partial charge on any atom is -0.390 e. The number of aliphatic hydroxyl groups is 1. The normalized spacial score (nSPS) is 44.7. The maximum atomic E-state index is 9.77. The number of rotatable bonds is 2. The second-order valence-electron chi connectivity index (χ2n) is 3.90. The van der Waals surface area contributed by atoms with Crippen LogP contribution in [-0.4, -0.2) is 22.9 Å². The van der Waals surface area contributed by atoms with Gasteiger partial charge in [-0.05, 0) is 13.3 Å². The fourth-order valence-electron chi connectivity index (χ4n) is 2.17. The van der Waals surface area contributed by atoms with Crippen molar-refractivity contribution in [1.82, 2.24) is 0 Å². The highest BCUT2D eigenvalue weighted by Gasteiger charge is 2.48. The van der Waals surface area contributed by atoms with E-state index in [4.69, 9.17) is 11.2 Å². The molecule has 0 radical (unpaired) electrons. The molecule has 1 aliphatic rings. The van der Waals surface area contributed by atoms with E-state index in [9.17, 15) is 5.11 Å². The van der Waals surface area contributed by atoms with Gasteiger partial charge in [-0.15, -0.1) is 12.3 Å². The molecule has 1 saturated heterocycles. The zero-order valence-corrected chi connectivity index (χ0v) is 8.58. The predicted octanol–water partition coefficient (Wildman–Crippen LogP) is 1.57. The van der Waals surface area contributed by atoms with E-state index in [0.29, 0.717) is 6.42 Å². The molecule has 0 aromatic rings. The first kappa shape index (κ1) is 10.6. The first-order chi connectivity index (χ1) is 6.07. The standard InChI is InChI=1S/C11H18O2/c1-5-7-11(6-2)8(3)10(12)9(4)13-11/h1,8-10,12H,6-7H2,2-4H3/t8-,9+,10-,11-/m1/s1. The molecule has 2 heteroatoms. The Morgan fingerprint density at radius 3 is 2.46 bits per heavy atom. The van der Waals surface area contributed by atoms with E-state index in [1.165, 1.54) is 0 Å². The molecule has 4 atom stereocenters. The quantitative estimate of drug-likeness (QED) is 0.657. The molecule has 0 amide bonds. The van der Waals surface area contributed by atoms with Gasteiger partial charge in [-0.1, -0.05) is 13.8 Å². The lowest BCUT2D eigenvalue weighted by atomic mass is 9.82. The number of aliphatic hydroxyl groups excluding tert-OH is 1. The van der Waals surface area contributed by atoms with E-state index < -0.39 is 0 Å². The summed E-state index contributed by atoms with van der Waals surface area (Å²) in [5.74, 6) is 2.77. The van der Waals surface area contributed by atoms with E-state index >= 15 is 0 Å². The highest BCUT2D eigenvalue weighted by Crippen LogP contribution is 2.40. The van der Waals surface area contributed by atoms with Crippen molar-refractivity contribution < 1.29 is 9.84 Å². The summed E-state index contributed by atoms with van der Waals surface area (Å²) in [6, 6.07) is 0. The number of hydrogen-bond donors (Lipinski definition) is 1. The van der Waals surface area contributed by atoms with Crippen LogP contribution in [0.2, 0.25) is 0 Å². The Bertz CT molecular complexity index is 219. The summed E-state index contributed by atoms with van der Waals surface area (Å²) in [6.07, 6.45) is 6.29. The molecule has 74 valence electrons. The van der Waals surface area contributed by atoms with Crippen LogP contribution in [0.4, 0.5) is 0 Å². The lowest BCUT2D eigenvalue weighted by Gasteiger charge is -2.30. The van der Waals surface area contributed by atoms with Gasteiger partial charge in [0, 0.05) is 12.3 Å². The van der Waals surface area contributed by atoms with E-state index in [-0.39, 0.29) is 23.7 Å². The third-order valence-electron chi connectivity index (χ3n) is 3.24. The Balaban J connectivity index is 2.84. The summed E-state index contributed by atoms with van der Waals surface area (Å²) in [7, 11) is 0. The molecule has 2 nitrogen and oxygen atoms in total. The van der Waals surface area contributed by atoms with Gasteiger partial charge < -0.3 is 9.84 Å². The predicted molar refractivity (Wildman–Crippen MR) is 52.2 cm³/mol. The summed E-state index contributed by atoms with van der Waals surface area (Å²) < 4.78 is 5.77. The highest BCUT2D eigenvalue weighted by atomic mass is 16.5. The Morgan fingerprint density at radius 1 is 1.54 bits per heavy atom. The summed E-state index contributed by atoms with van der Waals surface area (Å²) in [4.78, 5) is 0. The molecule has 0 aromatic carbocycles. The van der Waals surface area contributed by atoms with Gasteiger partial charge in [-0.25, -0.2) is 0 Å². The van der Waals surface area contributed by atoms with Crippen LogP contribution in [0.15, 0.2) is 0 Å². The van der Waals surface area contributed by atoms with Crippen molar-refractivity contribution >= 4 is 0 Å². The van der Waals surface area contributed by atoms with Crippen molar-refractivity contribution in [2.24, 2.45) is 5.92 Å². The fourth-order valence-corrected chi connectivity index (χ4v) is 2.17. The number of terminal acetylenes is 1. The van der Waals surface area contributed by atoms with E-state index in [0.717, 1.165) is 6.42 Å². The van der Waals surface area contributed by atoms with Crippen LogP contribution in [0.1, 0.15) is 33.6 Å². The second-order valence-corrected chi connectivity index (χ2v) is 3.90. The molecule has 1 fully saturated rings. The SMILES string of the molecule is C#CC[C@@]1(CC)O[C@@H](C)[C@H](O)[C@H]1C. The maximum absolute atomic E-state index is 9.77. The zero-order valence-electron chi connectivity index (χ0n) is 8.58. The maximum Gasteiger partial charge on any atom is 0.0852 e. The van der Waals surface area contributed by atoms with Crippen LogP contribution < -0.4 is 0 Å². The summed E-state index contributed by atoms with van der Waals surface area (Å²) in [5.41, 5.74) is -0.298. The van der Waals surface area contributed by atoms with Gasteiger partial charge in [-0.2, -0.15) is 0 Å². The van der Waals surface area contributed by atoms with Crippen LogP contribution in [0.5, 0.6) is 0 Å². The zero-order chi connectivity index (χ0) is 10.1. The van der Waals surface area contributed by atoms with Crippen LogP contribution in [0.25, 0.3) is 0 Å². The minimum absolute atomic E-state index is 0.0942. The van der Waals surface area contributed by atoms with Crippen LogP contribution >= 0.6 is 0 Å². The first-order valence-electron chi connectivity index (χ1n) is 4.86. The smallest absolute Gasteiger partial charge is 0.0852 e. The lowest BCUT2D eigenvalue weighted by molar-refractivity contribution is -0.0520. The fraction of sp³-hybridized carbons (Fsp3) is 0.818. The highest BCUT2D eigenvalue weighted by molar-refractivity contribution is 5.04. The summed E-state index contributed by atoms with van der Waals surface area (Å²) in [5, 5.41) is 9.77. The summed E-state index contributed by atoms with van der Waals surface area (Å²) in [6.45, 7) is 5.96. The van der Waals surface area contributed by atoms with Crippen LogP contribution in [0, 0.1) is 18.3 Å². The molecule has 0 aliphatic carbocycles. The molecule has 1 rings (SSSR count). The third kappa shape index (κ3) is 1.59. The molecule has 13 heavy (non-hydrogen) atoms. The molecule has 1 N–H and O–H groups in total. The molecule has 0 saturated carbocycles. The average Bonchev–Trinajstić information content (AvgIpc) is 2.32. The van der Waals surface area contributed by atoms with Gasteiger partial charge in [0.05, 0.1) is 17.8 Å². The van der Waals surface area contributed by atoms with Gasteiger partial charge in [0.15, 0.2) is 0 Å². The molecular formula is C11H18O2. The van der Waals surface area contributed by atoms with Gasteiger partial charge in [0.25, 0.3) is 0 Å². The molecule has 1 heterocycles. The van der Waals surface area contributed by atoms with Crippen molar-refractivity contribution in [1.29, 1.82) is 0 Å². The first-order valence-corrected chi connectivity index (χ1v) is 4.86. The van der Waals surface area contributed by atoms with Crippen molar-refractivity contribution in [3.8, 4) is 12.3 Å². The second kappa shape index (κ2) is 3.69. The Labute approximate surface area is 80.3 Å². The minimum atomic E-state index is -0.381. The topological polar surface area (TPSA) is 29.5 Å². The lowest BCUT2D eigenvalue weighted by Crippen LogP contribution is -2.35. The van der Waals surface area contributed by atoms with Crippen LogP contribution in [0.3, 0.4) is 0 Å². The largest absolute Gasteiger partial charge is 0.390 e. The molecule has 0 spiro atoms. The van der Waals surface area contributed by atoms with Gasteiger partial charge in [-0.3, -0.25) is 0 Å². The van der Waals surface area contributed by atoms with Gasteiger partial charge >= 0.3 is 0 Å². The Morgan fingerprint density at radius 2 is 2.15 bits per heavy atom. The Kier molecular flexibility index (Phi) is 3.00. The average molecular weight is 182 g/mol. The van der Waals surface area contributed by atoms with Crippen molar-refractivity contribution in [2.75, 3.05) is 0 Å².